The molecule has 1 aliphatic rings. The second kappa shape index (κ2) is 8.19. The first kappa shape index (κ1) is 19.4. The number of nitrogens with zero attached hydrogens (tertiary/aromatic N) is 1. The number of carbonyl (C=O) groups is 2. The van der Waals surface area contributed by atoms with Gasteiger partial charge in [-0.05, 0) is 29.8 Å². The van der Waals surface area contributed by atoms with Gasteiger partial charge in [-0.2, -0.15) is 0 Å². The van der Waals surface area contributed by atoms with Gasteiger partial charge in [0, 0.05) is 30.0 Å². The van der Waals surface area contributed by atoms with Crippen LogP contribution in [0.5, 0.6) is 0 Å². The number of rotatable bonds is 5. The van der Waals surface area contributed by atoms with E-state index in [9.17, 15) is 14.7 Å². The molecule has 1 aromatic heterocycles. The van der Waals surface area contributed by atoms with Crippen molar-refractivity contribution in [3.63, 3.8) is 0 Å². The molecule has 2 aromatic carbocycles. The summed E-state index contributed by atoms with van der Waals surface area (Å²) in [6.07, 6.45) is -0.491. The number of hydrogen-bond acceptors (Lipinski definition) is 4. The van der Waals surface area contributed by atoms with Gasteiger partial charge in [-0.3, -0.25) is 9.59 Å². The summed E-state index contributed by atoms with van der Waals surface area (Å²) < 4.78 is 0. The van der Waals surface area contributed by atoms with Crippen LogP contribution in [0.3, 0.4) is 0 Å². The van der Waals surface area contributed by atoms with Gasteiger partial charge >= 0.3 is 0 Å². The van der Waals surface area contributed by atoms with Gasteiger partial charge in [-0.25, -0.2) is 0 Å². The van der Waals surface area contributed by atoms with E-state index in [0.717, 1.165) is 11.3 Å². The predicted octanol–water partition coefficient (Wildman–Crippen LogP) is 4.05. The molecule has 0 unspecified atom stereocenters. The third kappa shape index (κ3) is 3.95. The Bertz CT molecular complexity index is 1000. The van der Waals surface area contributed by atoms with Crippen LogP contribution < -0.4 is 5.32 Å². The molecule has 6 heteroatoms. The zero-order valence-electron chi connectivity index (χ0n) is 16.0. The monoisotopic (exact) mass is 406 g/mol. The SMILES string of the molecule is CN1C(=O)C[C@H](c2ccccc2)[C@@H]1[C@H](O)c1ccc(C(=O)Nc2ccccc2)s1. The van der Waals surface area contributed by atoms with E-state index >= 15 is 0 Å². The lowest BCUT2D eigenvalue weighted by molar-refractivity contribution is -0.128. The number of nitrogens with one attached hydrogen (secondary N) is 1. The van der Waals surface area contributed by atoms with Crippen LogP contribution >= 0.6 is 11.3 Å². The molecule has 1 fully saturated rings. The Morgan fingerprint density at radius 2 is 1.72 bits per heavy atom. The highest BCUT2D eigenvalue weighted by molar-refractivity contribution is 7.14. The van der Waals surface area contributed by atoms with Gasteiger partial charge in [0.2, 0.25) is 5.91 Å². The van der Waals surface area contributed by atoms with Crippen LogP contribution in [-0.4, -0.2) is 34.9 Å². The molecule has 1 saturated heterocycles. The van der Waals surface area contributed by atoms with Crippen molar-refractivity contribution in [2.45, 2.75) is 24.5 Å². The van der Waals surface area contributed by atoms with Crippen LogP contribution in [0.25, 0.3) is 0 Å². The van der Waals surface area contributed by atoms with Gasteiger partial charge in [-0.15, -0.1) is 11.3 Å². The van der Waals surface area contributed by atoms with Gasteiger partial charge in [-0.1, -0.05) is 48.5 Å². The molecule has 3 aromatic rings. The summed E-state index contributed by atoms with van der Waals surface area (Å²) in [4.78, 5) is 27.7. The van der Waals surface area contributed by atoms with E-state index in [2.05, 4.69) is 5.32 Å². The third-order valence-corrected chi connectivity index (χ3v) is 6.53. The largest absolute Gasteiger partial charge is 0.385 e. The molecular formula is C23H22N2O3S. The lowest BCUT2D eigenvalue weighted by Gasteiger charge is -2.29. The minimum Gasteiger partial charge on any atom is -0.385 e. The Balaban J connectivity index is 1.55. The zero-order valence-corrected chi connectivity index (χ0v) is 16.8. The van der Waals surface area contributed by atoms with E-state index in [1.807, 2.05) is 60.7 Å². The van der Waals surface area contributed by atoms with Crippen molar-refractivity contribution in [1.29, 1.82) is 0 Å². The van der Waals surface area contributed by atoms with E-state index in [-0.39, 0.29) is 23.8 Å². The van der Waals surface area contributed by atoms with Gasteiger partial charge in [0.1, 0.15) is 6.10 Å². The van der Waals surface area contributed by atoms with E-state index < -0.39 is 6.10 Å². The van der Waals surface area contributed by atoms with Gasteiger partial charge in [0.05, 0.1) is 10.9 Å². The highest BCUT2D eigenvalue weighted by atomic mass is 32.1. The molecule has 29 heavy (non-hydrogen) atoms. The Morgan fingerprint density at radius 1 is 1.07 bits per heavy atom. The van der Waals surface area contributed by atoms with Gasteiger partial charge in [0.25, 0.3) is 5.91 Å². The summed E-state index contributed by atoms with van der Waals surface area (Å²) in [5, 5.41) is 14.0. The third-order valence-electron chi connectivity index (χ3n) is 5.37. The number of anilines is 1. The van der Waals surface area contributed by atoms with Crippen LogP contribution in [0.4, 0.5) is 5.69 Å². The average Bonchev–Trinajstić information content (AvgIpc) is 3.35. The molecule has 148 valence electrons. The van der Waals surface area contributed by atoms with Crippen molar-refractivity contribution >= 4 is 28.8 Å². The molecule has 5 nitrogen and oxygen atoms in total. The fourth-order valence-electron chi connectivity index (χ4n) is 3.85. The average molecular weight is 407 g/mol. The minimum absolute atomic E-state index is 0.0153. The first-order valence-corrected chi connectivity index (χ1v) is 10.3. The fraction of sp³-hybridized carbons (Fsp3) is 0.217. The molecule has 4 rings (SSSR count). The van der Waals surface area contributed by atoms with E-state index in [1.165, 1.54) is 11.3 Å². The quantitative estimate of drug-likeness (QED) is 0.672. The molecular weight excluding hydrogens is 384 g/mol. The van der Waals surface area contributed by atoms with Crippen LogP contribution in [0.2, 0.25) is 0 Å². The van der Waals surface area contributed by atoms with E-state index in [1.54, 1.807) is 24.1 Å². The number of hydrogen-bond donors (Lipinski definition) is 2. The number of aliphatic hydroxyl groups excluding tert-OH is 1. The molecule has 3 atom stereocenters. The van der Waals surface area contributed by atoms with Crippen molar-refractivity contribution in [3.8, 4) is 0 Å². The van der Waals surface area contributed by atoms with Crippen LogP contribution in [0.1, 0.15) is 38.6 Å². The Morgan fingerprint density at radius 3 is 2.41 bits per heavy atom. The maximum atomic E-state index is 12.5. The first-order valence-electron chi connectivity index (χ1n) is 9.49. The maximum absolute atomic E-state index is 12.5. The summed E-state index contributed by atoms with van der Waals surface area (Å²) in [6.45, 7) is 0. The molecule has 0 radical (unpaired) electrons. The van der Waals surface area contributed by atoms with Gasteiger partial charge < -0.3 is 15.3 Å². The van der Waals surface area contributed by atoms with Crippen molar-refractivity contribution in [2.75, 3.05) is 12.4 Å². The summed E-state index contributed by atoms with van der Waals surface area (Å²) >= 11 is 1.26. The number of carbonyl (C=O) groups excluding carboxylic acids is 2. The van der Waals surface area contributed by atoms with Crippen molar-refractivity contribution in [2.24, 2.45) is 0 Å². The van der Waals surface area contributed by atoms with Crippen molar-refractivity contribution in [1.82, 2.24) is 4.90 Å². The Kier molecular flexibility index (Phi) is 5.47. The van der Waals surface area contributed by atoms with Crippen molar-refractivity contribution in [3.05, 3.63) is 88.1 Å². The summed E-state index contributed by atoms with van der Waals surface area (Å²) in [7, 11) is 1.73. The van der Waals surface area contributed by atoms with Crippen LogP contribution in [0, 0.1) is 0 Å². The topological polar surface area (TPSA) is 69.6 Å². The molecule has 2 heterocycles. The van der Waals surface area contributed by atoms with E-state index in [0.29, 0.717) is 16.2 Å². The summed E-state index contributed by atoms with van der Waals surface area (Å²) in [5.41, 5.74) is 1.76. The number of benzene rings is 2. The fourth-order valence-corrected chi connectivity index (χ4v) is 4.78. The zero-order chi connectivity index (χ0) is 20.4. The highest BCUT2D eigenvalue weighted by Gasteiger charge is 2.43. The molecule has 0 spiro atoms. The summed E-state index contributed by atoms with van der Waals surface area (Å²) in [5.74, 6) is -0.288. The second-order valence-corrected chi connectivity index (χ2v) is 8.30. The normalized spacial score (nSPS) is 19.9. The predicted molar refractivity (Wildman–Crippen MR) is 114 cm³/mol. The number of para-hydroxylation sites is 1. The number of likely N-dealkylation sites (N-methyl/N-ethyl adjacent to an activating group) is 1. The standard InChI is InChI=1S/C23H22N2O3S/c1-25-20(26)14-17(15-8-4-2-5-9-15)21(25)22(27)18-12-13-19(29-18)23(28)24-16-10-6-3-7-11-16/h2-13,17,21-22,27H,14H2,1H3,(H,24,28)/t17-,21-,22-/m1/s1. The molecule has 0 aliphatic carbocycles. The number of thiophene rings is 1. The van der Waals surface area contributed by atoms with Crippen LogP contribution in [0.15, 0.2) is 72.8 Å². The molecule has 2 amide bonds. The summed E-state index contributed by atoms with van der Waals surface area (Å²) in [6, 6.07) is 22.2. The molecule has 0 bridgehead atoms. The number of amides is 2. The van der Waals surface area contributed by atoms with Crippen molar-refractivity contribution < 1.29 is 14.7 Å². The lowest BCUT2D eigenvalue weighted by atomic mass is 9.88. The molecule has 2 N–H and O–H groups in total. The maximum Gasteiger partial charge on any atom is 0.265 e. The Labute approximate surface area is 173 Å². The highest BCUT2D eigenvalue weighted by Crippen LogP contribution is 2.41. The van der Waals surface area contributed by atoms with Gasteiger partial charge in [0.15, 0.2) is 0 Å². The van der Waals surface area contributed by atoms with E-state index in [4.69, 9.17) is 0 Å². The molecule has 0 saturated carbocycles. The number of aliphatic hydroxyl groups is 1. The molecule has 1 aliphatic heterocycles. The lowest BCUT2D eigenvalue weighted by Crippen LogP contribution is -2.36. The minimum atomic E-state index is -0.861. The number of likely N-dealkylation sites (tertiary alicyclic amines) is 1. The van der Waals surface area contributed by atoms with Crippen LogP contribution in [-0.2, 0) is 4.79 Å². The first-order chi connectivity index (χ1) is 14.0. The Hall–Kier alpha value is -2.96. The smallest absolute Gasteiger partial charge is 0.265 e. The second-order valence-electron chi connectivity index (χ2n) is 7.18.